The Morgan fingerprint density at radius 3 is 2.59 bits per heavy atom. The van der Waals surface area contributed by atoms with E-state index in [2.05, 4.69) is 11.1 Å². The predicted octanol–water partition coefficient (Wildman–Crippen LogP) is 1.64. The molecule has 0 unspecified atom stereocenters. The van der Waals surface area contributed by atoms with Gasteiger partial charge in [-0.3, -0.25) is 4.68 Å². The molecule has 1 heterocycles. The number of nitrogens with zero attached hydrogens (tertiary/aromatic N) is 3. The molecule has 0 aliphatic rings. The van der Waals surface area contributed by atoms with Crippen molar-refractivity contribution in [1.82, 2.24) is 9.66 Å². The molecule has 0 amide bonds. The van der Waals surface area contributed by atoms with E-state index in [-0.39, 0.29) is 0 Å². The number of rotatable bonds is 4. The minimum atomic E-state index is 0.700. The van der Waals surface area contributed by atoms with Crippen molar-refractivity contribution < 1.29 is 0 Å². The van der Waals surface area contributed by atoms with Gasteiger partial charge in [-0.25, -0.2) is 4.98 Å². The SMILES string of the molecule is N#Cc1ccc(CCCc2nccn2N)cc1. The van der Waals surface area contributed by atoms with Crippen molar-refractivity contribution in [2.45, 2.75) is 19.3 Å². The van der Waals surface area contributed by atoms with Crippen LogP contribution in [0, 0.1) is 11.3 Å². The summed E-state index contributed by atoms with van der Waals surface area (Å²) >= 11 is 0. The molecule has 0 atom stereocenters. The summed E-state index contributed by atoms with van der Waals surface area (Å²) in [4.78, 5) is 4.17. The van der Waals surface area contributed by atoms with Gasteiger partial charge in [-0.15, -0.1) is 0 Å². The number of nitriles is 1. The van der Waals surface area contributed by atoms with Crippen LogP contribution in [0.4, 0.5) is 0 Å². The summed E-state index contributed by atoms with van der Waals surface area (Å²) in [7, 11) is 0. The first kappa shape index (κ1) is 11.2. The highest BCUT2D eigenvalue weighted by atomic mass is 15.3. The van der Waals surface area contributed by atoms with Crippen LogP contribution in [0.2, 0.25) is 0 Å². The Morgan fingerprint density at radius 2 is 2.00 bits per heavy atom. The lowest BCUT2D eigenvalue weighted by Gasteiger charge is -2.02. The number of hydrogen-bond donors (Lipinski definition) is 1. The molecule has 0 fully saturated rings. The van der Waals surface area contributed by atoms with E-state index in [0.29, 0.717) is 5.56 Å². The Morgan fingerprint density at radius 1 is 1.24 bits per heavy atom. The Kier molecular flexibility index (Phi) is 3.41. The van der Waals surface area contributed by atoms with E-state index in [1.54, 1.807) is 17.1 Å². The van der Waals surface area contributed by atoms with Gasteiger partial charge in [0.05, 0.1) is 11.6 Å². The van der Waals surface area contributed by atoms with Crippen molar-refractivity contribution in [2.24, 2.45) is 0 Å². The lowest BCUT2D eigenvalue weighted by atomic mass is 10.1. The van der Waals surface area contributed by atoms with E-state index in [9.17, 15) is 0 Å². The van der Waals surface area contributed by atoms with Crippen molar-refractivity contribution in [3.05, 3.63) is 53.6 Å². The van der Waals surface area contributed by atoms with Crippen LogP contribution in [0.5, 0.6) is 0 Å². The Hall–Kier alpha value is -2.28. The Labute approximate surface area is 100 Å². The summed E-state index contributed by atoms with van der Waals surface area (Å²) in [5.41, 5.74) is 1.94. The molecule has 0 aliphatic heterocycles. The quantitative estimate of drug-likeness (QED) is 0.806. The minimum Gasteiger partial charge on any atom is -0.338 e. The lowest BCUT2D eigenvalue weighted by molar-refractivity contribution is 0.744. The average Bonchev–Trinajstić information content (AvgIpc) is 2.76. The summed E-state index contributed by atoms with van der Waals surface area (Å²) in [5.74, 6) is 6.58. The molecule has 4 heteroatoms. The monoisotopic (exact) mass is 226 g/mol. The van der Waals surface area contributed by atoms with Crippen LogP contribution in [0.3, 0.4) is 0 Å². The molecule has 86 valence electrons. The number of hydrogen-bond acceptors (Lipinski definition) is 3. The second kappa shape index (κ2) is 5.17. The van der Waals surface area contributed by atoms with Gasteiger partial charge in [0.25, 0.3) is 0 Å². The summed E-state index contributed by atoms with van der Waals surface area (Å²) in [6, 6.07) is 9.79. The van der Waals surface area contributed by atoms with Crippen LogP contribution >= 0.6 is 0 Å². The number of aryl methyl sites for hydroxylation is 2. The highest BCUT2D eigenvalue weighted by molar-refractivity contribution is 5.31. The zero-order chi connectivity index (χ0) is 12.1. The molecule has 0 aliphatic carbocycles. The summed E-state index contributed by atoms with van der Waals surface area (Å²) in [5, 5.41) is 8.69. The van der Waals surface area contributed by atoms with Crippen LogP contribution in [0.25, 0.3) is 0 Å². The number of imidazole rings is 1. The van der Waals surface area contributed by atoms with Crippen LogP contribution in [-0.4, -0.2) is 9.66 Å². The number of benzene rings is 1. The maximum absolute atomic E-state index is 8.69. The second-order valence-corrected chi connectivity index (χ2v) is 3.91. The van der Waals surface area contributed by atoms with E-state index < -0.39 is 0 Å². The molecule has 17 heavy (non-hydrogen) atoms. The minimum absolute atomic E-state index is 0.700. The Balaban J connectivity index is 1.86. The molecular formula is C13H14N4. The first-order chi connectivity index (χ1) is 8.29. The van der Waals surface area contributed by atoms with Gasteiger partial charge in [-0.1, -0.05) is 12.1 Å². The maximum atomic E-state index is 8.69. The lowest BCUT2D eigenvalue weighted by Crippen LogP contribution is -2.11. The zero-order valence-electron chi connectivity index (χ0n) is 9.50. The number of nitrogen functional groups attached to an aromatic ring is 1. The summed E-state index contributed by atoms with van der Waals surface area (Å²) in [6.45, 7) is 0. The van der Waals surface area contributed by atoms with Gasteiger partial charge in [0.1, 0.15) is 5.82 Å². The molecule has 1 aromatic carbocycles. The van der Waals surface area contributed by atoms with Crippen molar-refractivity contribution in [1.29, 1.82) is 5.26 Å². The molecule has 2 aromatic rings. The van der Waals surface area contributed by atoms with E-state index >= 15 is 0 Å². The third-order valence-corrected chi connectivity index (χ3v) is 2.70. The van der Waals surface area contributed by atoms with Crippen LogP contribution < -0.4 is 5.84 Å². The molecule has 2 N–H and O–H groups in total. The fourth-order valence-corrected chi connectivity index (χ4v) is 1.73. The molecule has 0 saturated heterocycles. The first-order valence-electron chi connectivity index (χ1n) is 5.56. The second-order valence-electron chi connectivity index (χ2n) is 3.91. The standard InChI is InChI=1S/C13H14N4/c14-10-12-6-4-11(5-7-12)2-1-3-13-16-8-9-17(13)15/h4-9H,1-3,15H2. The molecular weight excluding hydrogens is 212 g/mol. The molecule has 0 radical (unpaired) electrons. The number of aromatic nitrogens is 2. The summed E-state index contributed by atoms with van der Waals surface area (Å²) in [6.07, 6.45) is 6.29. The van der Waals surface area contributed by atoms with Crippen LogP contribution in [0.1, 0.15) is 23.4 Å². The third-order valence-electron chi connectivity index (χ3n) is 2.70. The fourth-order valence-electron chi connectivity index (χ4n) is 1.73. The fraction of sp³-hybridized carbons (Fsp3) is 0.231. The van der Waals surface area contributed by atoms with Crippen LogP contribution in [0.15, 0.2) is 36.7 Å². The maximum Gasteiger partial charge on any atom is 0.127 e. The van der Waals surface area contributed by atoms with Gasteiger partial charge in [-0.2, -0.15) is 5.26 Å². The third kappa shape index (κ3) is 2.85. The van der Waals surface area contributed by atoms with E-state index in [1.807, 2.05) is 24.3 Å². The van der Waals surface area contributed by atoms with Crippen molar-refractivity contribution >= 4 is 0 Å². The highest BCUT2D eigenvalue weighted by Gasteiger charge is 2.00. The smallest absolute Gasteiger partial charge is 0.127 e. The van der Waals surface area contributed by atoms with Crippen molar-refractivity contribution in [3.63, 3.8) is 0 Å². The normalized spacial score (nSPS) is 10.1. The molecule has 0 spiro atoms. The van der Waals surface area contributed by atoms with Crippen molar-refractivity contribution in [3.8, 4) is 6.07 Å². The van der Waals surface area contributed by atoms with Crippen molar-refractivity contribution in [2.75, 3.05) is 5.84 Å². The first-order valence-corrected chi connectivity index (χ1v) is 5.56. The van der Waals surface area contributed by atoms with Crippen LogP contribution in [-0.2, 0) is 12.8 Å². The molecule has 2 rings (SSSR count). The van der Waals surface area contributed by atoms with Gasteiger partial charge in [0.15, 0.2) is 0 Å². The zero-order valence-corrected chi connectivity index (χ0v) is 9.50. The van der Waals surface area contributed by atoms with E-state index in [0.717, 1.165) is 25.1 Å². The molecule has 0 saturated carbocycles. The van der Waals surface area contributed by atoms with Gasteiger partial charge >= 0.3 is 0 Å². The van der Waals surface area contributed by atoms with Gasteiger partial charge < -0.3 is 5.84 Å². The Bertz CT molecular complexity index is 519. The molecule has 0 bridgehead atoms. The van der Waals surface area contributed by atoms with E-state index in [1.165, 1.54) is 5.56 Å². The number of nitrogens with two attached hydrogens (primary N) is 1. The topological polar surface area (TPSA) is 67.6 Å². The predicted molar refractivity (Wildman–Crippen MR) is 65.6 cm³/mol. The molecule has 1 aromatic heterocycles. The van der Waals surface area contributed by atoms with Gasteiger partial charge in [-0.05, 0) is 30.5 Å². The van der Waals surface area contributed by atoms with E-state index in [4.69, 9.17) is 11.1 Å². The largest absolute Gasteiger partial charge is 0.338 e. The highest BCUT2D eigenvalue weighted by Crippen LogP contribution is 2.08. The average molecular weight is 226 g/mol. The van der Waals surface area contributed by atoms with Gasteiger partial charge in [0.2, 0.25) is 0 Å². The summed E-state index contributed by atoms with van der Waals surface area (Å²) < 4.78 is 1.55. The van der Waals surface area contributed by atoms with Gasteiger partial charge in [0, 0.05) is 18.8 Å². The molecule has 4 nitrogen and oxygen atoms in total.